The van der Waals surface area contributed by atoms with E-state index in [0.29, 0.717) is 5.75 Å². The van der Waals surface area contributed by atoms with Gasteiger partial charge in [-0.2, -0.15) is 0 Å². The lowest BCUT2D eigenvalue weighted by Gasteiger charge is -2.16. The lowest BCUT2D eigenvalue weighted by molar-refractivity contribution is -0.119. The average molecular weight is 370 g/mol. The Morgan fingerprint density at radius 3 is 2.35 bits per heavy atom. The first-order valence-corrected chi connectivity index (χ1v) is 9.99. The Morgan fingerprint density at radius 1 is 1.08 bits per heavy atom. The van der Waals surface area contributed by atoms with Gasteiger partial charge in [-0.25, -0.2) is 0 Å². The Hall–Kier alpha value is -2.07. The highest BCUT2D eigenvalue weighted by atomic mass is 32.2. The van der Waals surface area contributed by atoms with Crippen LogP contribution in [0, 0.1) is 20.8 Å². The van der Waals surface area contributed by atoms with Crippen LogP contribution in [-0.2, 0) is 10.5 Å². The van der Waals surface area contributed by atoms with Crippen LogP contribution < -0.4 is 5.32 Å². The van der Waals surface area contributed by atoms with Gasteiger partial charge in [0.25, 0.3) is 0 Å². The first kappa shape index (κ1) is 20.2. The van der Waals surface area contributed by atoms with E-state index in [2.05, 4.69) is 18.3 Å². The lowest BCUT2D eigenvalue weighted by atomic mass is 9.92. The molecule has 0 saturated carbocycles. The van der Waals surface area contributed by atoms with E-state index in [1.54, 1.807) is 18.7 Å². The van der Waals surface area contributed by atoms with E-state index in [-0.39, 0.29) is 17.7 Å². The number of hydrogen-bond acceptors (Lipinski definition) is 3. The third kappa shape index (κ3) is 4.98. The predicted octanol–water partition coefficient (Wildman–Crippen LogP) is 4.93. The number of amides is 1. The molecule has 0 aliphatic heterocycles. The fourth-order valence-electron chi connectivity index (χ4n) is 3.34. The number of carbonyl (C=O) groups is 2. The molecule has 0 radical (unpaired) electrons. The van der Waals surface area contributed by atoms with Gasteiger partial charge in [-0.1, -0.05) is 36.4 Å². The molecule has 3 nitrogen and oxygen atoms in total. The third-order valence-electron chi connectivity index (χ3n) is 4.64. The van der Waals surface area contributed by atoms with Crippen molar-refractivity contribution in [2.75, 3.05) is 5.75 Å². The maximum absolute atomic E-state index is 12.2. The second-order valence-corrected chi connectivity index (χ2v) is 7.72. The van der Waals surface area contributed by atoms with E-state index in [1.807, 2.05) is 51.1 Å². The molecule has 0 spiro atoms. The Morgan fingerprint density at radius 2 is 1.73 bits per heavy atom. The van der Waals surface area contributed by atoms with Crippen molar-refractivity contribution in [3.63, 3.8) is 0 Å². The Kier molecular flexibility index (Phi) is 7.04. The molecule has 0 fully saturated rings. The van der Waals surface area contributed by atoms with Gasteiger partial charge in [0.1, 0.15) is 0 Å². The molecule has 2 aromatic rings. The van der Waals surface area contributed by atoms with Crippen LogP contribution in [0.5, 0.6) is 0 Å². The number of carbonyl (C=O) groups excluding carboxylic acids is 2. The van der Waals surface area contributed by atoms with Crippen molar-refractivity contribution in [3.05, 3.63) is 69.8 Å². The van der Waals surface area contributed by atoms with Gasteiger partial charge in [0.05, 0.1) is 11.8 Å². The summed E-state index contributed by atoms with van der Waals surface area (Å²) in [5.41, 5.74) is 6.32. The molecule has 0 heterocycles. The second-order valence-electron chi connectivity index (χ2n) is 6.74. The van der Waals surface area contributed by atoms with E-state index >= 15 is 0 Å². The Labute approximate surface area is 160 Å². The van der Waals surface area contributed by atoms with Gasteiger partial charge in [0, 0.05) is 11.3 Å². The molecule has 0 saturated heterocycles. The van der Waals surface area contributed by atoms with Crippen LogP contribution in [-0.4, -0.2) is 17.4 Å². The van der Waals surface area contributed by atoms with Crippen LogP contribution in [0.4, 0.5) is 0 Å². The first-order chi connectivity index (χ1) is 12.3. The summed E-state index contributed by atoms with van der Waals surface area (Å²) >= 11 is 1.58. The zero-order chi connectivity index (χ0) is 19.3. The van der Waals surface area contributed by atoms with Crippen LogP contribution in [0.1, 0.15) is 58.1 Å². The molecule has 1 N–H and O–H groups in total. The van der Waals surface area contributed by atoms with Crippen LogP contribution in [0.2, 0.25) is 0 Å². The quantitative estimate of drug-likeness (QED) is 0.704. The van der Waals surface area contributed by atoms with E-state index in [9.17, 15) is 9.59 Å². The number of Topliss-reactive ketones (excluding diaryl/α,β-unsaturated/α-hetero) is 1. The van der Waals surface area contributed by atoms with Gasteiger partial charge >= 0.3 is 0 Å². The SMILES string of the molecule is CC(=O)c1c(C)cc(C)c(CSCC(=O)NC(C)c2ccccc2)c1C. The molecule has 26 heavy (non-hydrogen) atoms. The summed E-state index contributed by atoms with van der Waals surface area (Å²) < 4.78 is 0. The second kappa shape index (κ2) is 9.04. The number of benzene rings is 2. The zero-order valence-corrected chi connectivity index (χ0v) is 17.0. The number of rotatable bonds is 7. The highest BCUT2D eigenvalue weighted by Crippen LogP contribution is 2.26. The fourth-order valence-corrected chi connectivity index (χ4v) is 4.36. The maximum atomic E-state index is 12.2. The summed E-state index contributed by atoms with van der Waals surface area (Å²) in [5, 5.41) is 3.04. The molecule has 1 amide bonds. The standard InChI is InChI=1S/C22H27NO2S/c1-14-11-15(2)22(18(5)24)16(3)20(14)12-26-13-21(25)23-17(4)19-9-7-6-8-10-19/h6-11,17H,12-13H2,1-5H3,(H,23,25). The molecule has 1 unspecified atom stereocenters. The van der Waals surface area contributed by atoms with Gasteiger partial charge in [-0.3, -0.25) is 9.59 Å². The summed E-state index contributed by atoms with van der Waals surface area (Å²) in [5.74, 6) is 1.26. The zero-order valence-electron chi connectivity index (χ0n) is 16.2. The minimum Gasteiger partial charge on any atom is -0.349 e. The monoisotopic (exact) mass is 369 g/mol. The number of thioether (sulfide) groups is 1. The van der Waals surface area contributed by atoms with Crippen molar-refractivity contribution >= 4 is 23.5 Å². The van der Waals surface area contributed by atoms with Crippen LogP contribution in [0.15, 0.2) is 36.4 Å². The highest BCUT2D eigenvalue weighted by Gasteiger charge is 2.15. The minimum absolute atomic E-state index is 0.00328. The van der Waals surface area contributed by atoms with Gasteiger partial charge < -0.3 is 5.32 Å². The van der Waals surface area contributed by atoms with Gasteiger partial charge in [-0.05, 0) is 62.4 Å². The van der Waals surface area contributed by atoms with Crippen molar-refractivity contribution in [2.24, 2.45) is 0 Å². The van der Waals surface area contributed by atoms with Crippen LogP contribution >= 0.6 is 11.8 Å². The van der Waals surface area contributed by atoms with Gasteiger partial charge in [0.2, 0.25) is 5.91 Å². The molecule has 1 atom stereocenters. The summed E-state index contributed by atoms with van der Waals surface area (Å²) in [6.07, 6.45) is 0. The van der Waals surface area contributed by atoms with Crippen molar-refractivity contribution in [1.29, 1.82) is 0 Å². The van der Waals surface area contributed by atoms with E-state index in [4.69, 9.17) is 0 Å². The largest absolute Gasteiger partial charge is 0.349 e. The Bertz CT molecular complexity index is 800. The summed E-state index contributed by atoms with van der Waals surface area (Å²) in [7, 11) is 0. The maximum Gasteiger partial charge on any atom is 0.230 e. The first-order valence-electron chi connectivity index (χ1n) is 8.84. The minimum atomic E-state index is -0.00328. The van der Waals surface area contributed by atoms with Crippen LogP contribution in [0.3, 0.4) is 0 Å². The molecule has 0 aliphatic carbocycles. The van der Waals surface area contributed by atoms with E-state index in [0.717, 1.165) is 33.6 Å². The topological polar surface area (TPSA) is 46.2 Å². The smallest absolute Gasteiger partial charge is 0.230 e. The molecule has 2 aromatic carbocycles. The summed E-state index contributed by atoms with van der Waals surface area (Å²) in [4.78, 5) is 24.1. The molecular formula is C22H27NO2S. The summed E-state index contributed by atoms with van der Waals surface area (Å²) in [6.45, 7) is 9.65. The van der Waals surface area contributed by atoms with E-state index in [1.165, 1.54) is 5.56 Å². The molecule has 2 rings (SSSR count). The Balaban J connectivity index is 1.96. The lowest BCUT2D eigenvalue weighted by Crippen LogP contribution is -2.28. The van der Waals surface area contributed by atoms with Crippen molar-refractivity contribution < 1.29 is 9.59 Å². The van der Waals surface area contributed by atoms with Gasteiger partial charge in [0.15, 0.2) is 5.78 Å². The molecule has 0 aliphatic rings. The average Bonchev–Trinajstić information content (AvgIpc) is 2.57. The molecule has 4 heteroatoms. The van der Waals surface area contributed by atoms with Gasteiger partial charge in [-0.15, -0.1) is 11.8 Å². The van der Waals surface area contributed by atoms with Crippen LogP contribution in [0.25, 0.3) is 0 Å². The number of nitrogens with one attached hydrogen (secondary N) is 1. The van der Waals surface area contributed by atoms with E-state index < -0.39 is 0 Å². The van der Waals surface area contributed by atoms with Crippen molar-refractivity contribution in [2.45, 2.75) is 46.4 Å². The number of aryl methyl sites for hydroxylation is 2. The molecule has 0 aromatic heterocycles. The highest BCUT2D eigenvalue weighted by molar-refractivity contribution is 7.99. The fraction of sp³-hybridized carbons (Fsp3) is 0.364. The summed E-state index contributed by atoms with van der Waals surface area (Å²) in [6, 6.07) is 12.0. The van der Waals surface area contributed by atoms with Crippen molar-refractivity contribution in [1.82, 2.24) is 5.32 Å². The predicted molar refractivity (Wildman–Crippen MR) is 110 cm³/mol. The third-order valence-corrected chi connectivity index (χ3v) is 5.60. The normalized spacial score (nSPS) is 11.9. The number of ketones is 1. The number of hydrogen-bond donors (Lipinski definition) is 1. The molecule has 138 valence electrons. The molecule has 0 bridgehead atoms. The molecular weight excluding hydrogens is 342 g/mol. The van der Waals surface area contributed by atoms with Crippen molar-refractivity contribution in [3.8, 4) is 0 Å².